The van der Waals surface area contributed by atoms with Gasteiger partial charge in [0.1, 0.15) is 0 Å². The van der Waals surface area contributed by atoms with Crippen LogP contribution in [0.1, 0.15) is 35.2 Å². The first-order valence-corrected chi connectivity index (χ1v) is 9.48. The minimum atomic E-state index is 0.865. The van der Waals surface area contributed by atoms with E-state index in [0.717, 1.165) is 32.0 Å². The van der Waals surface area contributed by atoms with Gasteiger partial charge < -0.3 is 9.47 Å². The molecule has 0 amide bonds. The number of fused-ring (bicyclic) bond motifs is 2. The predicted molar refractivity (Wildman–Crippen MR) is 103 cm³/mol. The van der Waals surface area contributed by atoms with Gasteiger partial charge in [-0.15, -0.1) is 0 Å². The highest BCUT2D eigenvalue weighted by Gasteiger charge is 2.26. The molecule has 3 heterocycles. The highest BCUT2D eigenvalue weighted by atomic mass is 15.2. The maximum absolute atomic E-state index is 4.74. The highest BCUT2D eigenvalue weighted by Crippen LogP contribution is 2.38. The van der Waals surface area contributed by atoms with E-state index < -0.39 is 0 Å². The van der Waals surface area contributed by atoms with Crippen LogP contribution in [0, 0.1) is 19.8 Å². The van der Waals surface area contributed by atoms with Crippen molar-refractivity contribution < 1.29 is 0 Å². The topological polar surface area (TPSA) is 21.1 Å². The van der Waals surface area contributed by atoms with Crippen LogP contribution < -0.4 is 4.90 Å². The van der Waals surface area contributed by atoms with Gasteiger partial charge in [0.25, 0.3) is 0 Å². The van der Waals surface area contributed by atoms with E-state index in [4.69, 9.17) is 4.98 Å². The highest BCUT2D eigenvalue weighted by molar-refractivity contribution is 5.92. The lowest BCUT2D eigenvalue weighted by atomic mass is 9.99. The Morgan fingerprint density at radius 2 is 1.88 bits per heavy atom. The monoisotopic (exact) mass is 331 g/mol. The van der Waals surface area contributed by atoms with E-state index in [2.05, 4.69) is 53.6 Å². The van der Waals surface area contributed by atoms with Crippen LogP contribution in [-0.2, 0) is 19.5 Å². The summed E-state index contributed by atoms with van der Waals surface area (Å²) in [6.45, 7) is 7.72. The average molecular weight is 331 g/mol. The summed E-state index contributed by atoms with van der Waals surface area (Å²) in [6.07, 6.45) is 5.88. The van der Waals surface area contributed by atoms with Crippen molar-refractivity contribution in [2.24, 2.45) is 5.92 Å². The van der Waals surface area contributed by atoms with Crippen molar-refractivity contribution in [2.75, 3.05) is 11.4 Å². The Hall–Kier alpha value is -2.29. The maximum Gasteiger partial charge on any atom is 0.0934 e. The zero-order valence-electron chi connectivity index (χ0n) is 15.1. The molecular weight excluding hydrogens is 306 g/mol. The molecule has 0 spiro atoms. The number of aryl methyl sites for hydroxylation is 1. The van der Waals surface area contributed by atoms with Crippen LogP contribution in [0.15, 0.2) is 36.5 Å². The predicted octanol–water partition coefficient (Wildman–Crippen LogP) is 4.63. The fourth-order valence-corrected chi connectivity index (χ4v) is 4.27. The minimum Gasteiger partial charge on any atom is -0.365 e. The molecule has 25 heavy (non-hydrogen) atoms. The molecule has 3 heteroatoms. The fraction of sp³-hybridized carbons (Fsp3) is 0.409. The van der Waals surface area contributed by atoms with Crippen LogP contribution in [0.2, 0.25) is 0 Å². The molecule has 1 aromatic carbocycles. The number of aromatic nitrogens is 2. The van der Waals surface area contributed by atoms with E-state index in [1.165, 1.54) is 51.9 Å². The van der Waals surface area contributed by atoms with Crippen LogP contribution in [0.4, 0.5) is 5.69 Å². The summed E-state index contributed by atoms with van der Waals surface area (Å²) >= 11 is 0. The van der Waals surface area contributed by atoms with Crippen LogP contribution in [0.5, 0.6) is 0 Å². The molecule has 0 saturated heterocycles. The molecule has 1 aliphatic carbocycles. The van der Waals surface area contributed by atoms with E-state index in [0.29, 0.717) is 0 Å². The molecule has 0 atom stereocenters. The van der Waals surface area contributed by atoms with Crippen molar-refractivity contribution in [3.05, 3.63) is 58.9 Å². The number of anilines is 1. The molecule has 0 bridgehead atoms. The maximum atomic E-state index is 4.74. The largest absolute Gasteiger partial charge is 0.365 e. The van der Waals surface area contributed by atoms with E-state index in [-0.39, 0.29) is 0 Å². The van der Waals surface area contributed by atoms with Gasteiger partial charge >= 0.3 is 0 Å². The molecule has 1 aliphatic heterocycles. The summed E-state index contributed by atoms with van der Waals surface area (Å²) in [5.74, 6) is 0.865. The Morgan fingerprint density at radius 3 is 2.68 bits per heavy atom. The quantitative estimate of drug-likeness (QED) is 0.698. The van der Waals surface area contributed by atoms with Gasteiger partial charge in [0.2, 0.25) is 0 Å². The standard InChI is InChI=1S/C22H25N3/c1-15-16(2)25(13-17-7-8-17)22-20(9-11-23-21(15)22)24-12-10-18-5-3-4-6-19(18)14-24/h3-6,9,11,17H,7-8,10,12-14H2,1-2H3. The lowest BCUT2D eigenvalue weighted by molar-refractivity contribution is 0.630. The van der Waals surface area contributed by atoms with Crippen LogP contribution in [0.3, 0.4) is 0 Å². The van der Waals surface area contributed by atoms with Gasteiger partial charge in [-0.1, -0.05) is 24.3 Å². The van der Waals surface area contributed by atoms with Crippen molar-refractivity contribution in [1.29, 1.82) is 0 Å². The Balaban J connectivity index is 1.63. The van der Waals surface area contributed by atoms with Gasteiger partial charge in [-0.2, -0.15) is 0 Å². The number of rotatable bonds is 3. The Bertz CT molecular complexity index is 949. The Morgan fingerprint density at radius 1 is 1.08 bits per heavy atom. The summed E-state index contributed by atoms with van der Waals surface area (Å²) in [7, 11) is 0. The first-order chi connectivity index (χ1) is 12.2. The molecule has 1 fully saturated rings. The van der Waals surface area contributed by atoms with E-state index >= 15 is 0 Å². The SMILES string of the molecule is Cc1c(C)n(CC2CC2)c2c(N3CCc4ccccc4C3)ccnc12. The lowest BCUT2D eigenvalue weighted by Crippen LogP contribution is -2.30. The average Bonchev–Trinajstić information content (AvgIpc) is 3.44. The molecule has 3 aromatic rings. The Kier molecular flexibility index (Phi) is 3.37. The first kappa shape index (κ1) is 15.0. The molecule has 1 saturated carbocycles. The molecule has 2 aliphatic rings. The second kappa shape index (κ2) is 5.62. The van der Waals surface area contributed by atoms with E-state index in [1.54, 1.807) is 0 Å². The summed E-state index contributed by atoms with van der Waals surface area (Å²) in [6, 6.07) is 11.1. The van der Waals surface area contributed by atoms with Crippen molar-refractivity contribution >= 4 is 16.7 Å². The van der Waals surface area contributed by atoms with E-state index in [9.17, 15) is 0 Å². The molecular formula is C22H25N3. The second-order valence-electron chi connectivity index (χ2n) is 7.73. The van der Waals surface area contributed by atoms with Crippen molar-refractivity contribution in [3.8, 4) is 0 Å². The Labute approximate surface area is 149 Å². The summed E-state index contributed by atoms with van der Waals surface area (Å²) < 4.78 is 2.55. The molecule has 0 radical (unpaired) electrons. The lowest BCUT2D eigenvalue weighted by Gasteiger charge is -2.31. The second-order valence-corrected chi connectivity index (χ2v) is 7.73. The summed E-state index contributed by atoms with van der Waals surface area (Å²) in [4.78, 5) is 7.29. The van der Waals surface area contributed by atoms with Crippen molar-refractivity contribution in [3.63, 3.8) is 0 Å². The van der Waals surface area contributed by atoms with Gasteiger partial charge in [0.05, 0.1) is 16.7 Å². The molecule has 3 nitrogen and oxygen atoms in total. The van der Waals surface area contributed by atoms with Crippen LogP contribution in [0.25, 0.3) is 11.0 Å². The molecule has 128 valence electrons. The third-order valence-corrected chi connectivity index (χ3v) is 6.08. The molecule has 0 N–H and O–H groups in total. The van der Waals surface area contributed by atoms with Gasteiger partial charge in [0.15, 0.2) is 0 Å². The number of pyridine rings is 1. The fourth-order valence-electron chi connectivity index (χ4n) is 4.27. The summed E-state index contributed by atoms with van der Waals surface area (Å²) in [5.41, 5.74) is 9.60. The van der Waals surface area contributed by atoms with Gasteiger partial charge in [0, 0.05) is 31.5 Å². The smallest absolute Gasteiger partial charge is 0.0934 e. The number of nitrogens with zero attached hydrogens (tertiary/aromatic N) is 3. The third kappa shape index (κ3) is 2.45. The summed E-state index contributed by atoms with van der Waals surface area (Å²) in [5, 5.41) is 0. The van der Waals surface area contributed by atoms with Crippen molar-refractivity contribution in [2.45, 2.75) is 46.2 Å². The molecule has 0 unspecified atom stereocenters. The van der Waals surface area contributed by atoms with Crippen LogP contribution in [-0.4, -0.2) is 16.1 Å². The first-order valence-electron chi connectivity index (χ1n) is 9.48. The van der Waals surface area contributed by atoms with Gasteiger partial charge in [-0.3, -0.25) is 4.98 Å². The number of benzene rings is 1. The van der Waals surface area contributed by atoms with Crippen molar-refractivity contribution in [1.82, 2.24) is 9.55 Å². The van der Waals surface area contributed by atoms with Gasteiger partial charge in [-0.25, -0.2) is 0 Å². The van der Waals surface area contributed by atoms with Gasteiger partial charge in [-0.05, 0) is 61.8 Å². The minimum absolute atomic E-state index is 0.865. The third-order valence-electron chi connectivity index (χ3n) is 6.08. The normalized spacial score (nSPS) is 17.1. The molecule has 5 rings (SSSR count). The van der Waals surface area contributed by atoms with E-state index in [1.807, 2.05) is 6.20 Å². The zero-order chi connectivity index (χ0) is 17.0. The number of hydrogen-bond donors (Lipinski definition) is 0. The zero-order valence-corrected chi connectivity index (χ0v) is 15.1. The van der Waals surface area contributed by atoms with Crippen LogP contribution >= 0.6 is 0 Å². The number of hydrogen-bond acceptors (Lipinski definition) is 2. The molecule has 2 aromatic heterocycles.